The predicted octanol–water partition coefficient (Wildman–Crippen LogP) is 4.74. The number of nitrogens with zero attached hydrogens (tertiary/aromatic N) is 1. The third-order valence-corrected chi connectivity index (χ3v) is 5.45. The SMILES string of the molecule is Cc1ccccc1OCCCn1cc(/C=C2\SC(=O)NC2=O)c2ccccc21. The quantitative estimate of drug-likeness (QED) is 0.486. The third-order valence-electron chi connectivity index (χ3n) is 4.64. The average molecular weight is 392 g/mol. The predicted molar refractivity (Wildman–Crippen MR) is 112 cm³/mol. The molecule has 0 atom stereocenters. The monoisotopic (exact) mass is 392 g/mol. The zero-order valence-electron chi connectivity index (χ0n) is 15.5. The summed E-state index contributed by atoms with van der Waals surface area (Å²) in [6.45, 7) is 3.46. The maximum atomic E-state index is 11.9. The van der Waals surface area contributed by atoms with E-state index in [0.717, 1.165) is 52.5 Å². The van der Waals surface area contributed by atoms with Crippen molar-refractivity contribution >= 4 is 39.9 Å². The normalized spacial score (nSPS) is 15.4. The number of fused-ring (bicyclic) bond motifs is 1. The molecule has 1 fully saturated rings. The Bertz CT molecular complexity index is 1080. The molecular formula is C22H20N2O3S. The molecule has 0 aliphatic carbocycles. The number of hydrogen-bond donors (Lipinski definition) is 1. The molecule has 1 saturated heterocycles. The van der Waals surface area contributed by atoms with E-state index in [4.69, 9.17) is 4.74 Å². The highest BCUT2D eigenvalue weighted by atomic mass is 32.2. The van der Waals surface area contributed by atoms with Crippen molar-refractivity contribution in [2.75, 3.05) is 6.61 Å². The van der Waals surface area contributed by atoms with Gasteiger partial charge in [0.05, 0.1) is 11.5 Å². The molecule has 0 spiro atoms. The Balaban J connectivity index is 1.50. The van der Waals surface area contributed by atoms with E-state index in [1.807, 2.05) is 55.6 Å². The van der Waals surface area contributed by atoms with Gasteiger partial charge in [-0.25, -0.2) is 0 Å². The third kappa shape index (κ3) is 3.82. The zero-order valence-corrected chi connectivity index (χ0v) is 16.3. The second-order valence-corrected chi connectivity index (χ2v) is 7.63. The van der Waals surface area contributed by atoms with Gasteiger partial charge in [0, 0.05) is 29.2 Å². The number of carbonyl (C=O) groups is 2. The van der Waals surface area contributed by atoms with Gasteiger partial charge in [-0.15, -0.1) is 0 Å². The summed E-state index contributed by atoms with van der Waals surface area (Å²) >= 11 is 0.939. The summed E-state index contributed by atoms with van der Waals surface area (Å²) in [7, 11) is 0. The molecule has 28 heavy (non-hydrogen) atoms. The Morgan fingerprint density at radius 2 is 1.89 bits per heavy atom. The minimum absolute atomic E-state index is 0.326. The smallest absolute Gasteiger partial charge is 0.290 e. The van der Waals surface area contributed by atoms with Crippen LogP contribution in [0.5, 0.6) is 5.75 Å². The summed E-state index contributed by atoms with van der Waals surface area (Å²) in [5, 5.41) is 3.03. The first-order valence-electron chi connectivity index (χ1n) is 9.13. The van der Waals surface area contributed by atoms with Crippen LogP contribution in [0.4, 0.5) is 4.79 Å². The Hall–Kier alpha value is -2.99. The van der Waals surface area contributed by atoms with Crippen LogP contribution in [0.25, 0.3) is 17.0 Å². The van der Waals surface area contributed by atoms with Crippen molar-refractivity contribution in [2.45, 2.75) is 19.9 Å². The van der Waals surface area contributed by atoms with Gasteiger partial charge in [-0.2, -0.15) is 0 Å². The van der Waals surface area contributed by atoms with Gasteiger partial charge in [-0.1, -0.05) is 36.4 Å². The second kappa shape index (κ2) is 7.94. The molecule has 0 unspecified atom stereocenters. The number of imide groups is 1. The Labute approximate surface area is 167 Å². The lowest BCUT2D eigenvalue weighted by atomic mass is 10.1. The van der Waals surface area contributed by atoms with Gasteiger partial charge in [0.25, 0.3) is 11.1 Å². The first-order valence-corrected chi connectivity index (χ1v) is 9.94. The molecule has 1 aliphatic rings. The van der Waals surface area contributed by atoms with Crippen molar-refractivity contribution < 1.29 is 14.3 Å². The fraction of sp³-hybridized carbons (Fsp3) is 0.182. The van der Waals surface area contributed by atoms with Crippen LogP contribution >= 0.6 is 11.8 Å². The molecule has 2 aromatic carbocycles. The van der Waals surface area contributed by atoms with Crippen molar-refractivity contribution in [3.63, 3.8) is 0 Å². The maximum Gasteiger partial charge on any atom is 0.290 e. The first kappa shape index (κ1) is 18.4. The molecular weight excluding hydrogens is 372 g/mol. The van der Waals surface area contributed by atoms with Crippen LogP contribution in [0.15, 0.2) is 59.6 Å². The highest BCUT2D eigenvalue weighted by Crippen LogP contribution is 2.29. The first-order chi connectivity index (χ1) is 13.6. The molecule has 3 aromatic rings. The van der Waals surface area contributed by atoms with Crippen LogP contribution in [-0.4, -0.2) is 22.3 Å². The molecule has 2 amide bonds. The number of aryl methyl sites for hydroxylation is 2. The fourth-order valence-corrected chi connectivity index (χ4v) is 3.95. The highest BCUT2D eigenvalue weighted by molar-refractivity contribution is 8.18. The van der Waals surface area contributed by atoms with Gasteiger partial charge >= 0.3 is 0 Å². The molecule has 4 rings (SSSR count). The van der Waals surface area contributed by atoms with E-state index in [-0.39, 0.29) is 11.1 Å². The molecule has 6 heteroatoms. The highest BCUT2D eigenvalue weighted by Gasteiger charge is 2.25. The summed E-state index contributed by atoms with van der Waals surface area (Å²) < 4.78 is 8.06. The topological polar surface area (TPSA) is 60.3 Å². The minimum atomic E-state index is -0.335. The van der Waals surface area contributed by atoms with Crippen molar-refractivity contribution in [1.82, 2.24) is 9.88 Å². The van der Waals surface area contributed by atoms with Gasteiger partial charge in [0.2, 0.25) is 0 Å². The molecule has 2 heterocycles. The van der Waals surface area contributed by atoms with Gasteiger partial charge in [0.1, 0.15) is 5.75 Å². The molecule has 5 nitrogen and oxygen atoms in total. The molecule has 142 valence electrons. The number of carbonyl (C=O) groups excluding carboxylic acids is 2. The number of aromatic nitrogens is 1. The van der Waals surface area contributed by atoms with Gasteiger partial charge in [-0.3, -0.25) is 14.9 Å². The van der Waals surface area contributed by atoms with Gasteiger partial charge in [-0.05, 0) is 48.9 Å². The summed E-state index contributed by atoms with van der Waals surface area (Å²) in [5.74, 6) is 0.581. The standard InChI is InChI=1S/C22H20N2O3S/c1-15-7-2-5-10-19(15)27-12-6-11-24-14-16(17-8-3-4-9-18(17)24)13-20-21(25)23-22(26)28-20/h2-5,7-10,13-14H,6,11-12H2,1H3,(H,23,25,26)/b20-13-. The number of rotatable bonds is 6. The van der Waals surface area contributed by atoms with Crippen LogP contribution in [0.1, 0.15) is 17.5 Å². The summed E-state index contributed by atoms with van der Waals surface area (Å²) in [6, 6.07) is 16.1. The lowest BCUT2D eigenvalue weighted by Gasteiger charge is -2.09. The Kier molecular flexibility index (Phi) is 5.21. The zero-order chi connectivity index (χ0) is 19.5. The van der Waals surface area contributed by atoms with Crippen LogP contribution in [0, 0.1) is 6.92 Å². The van der Waals surface area contributed by atoms with Crippen molar-refractivity contribution in [3.05, 3.63) is 70.8 Å². The van der Waals surface area contributed by atoms with E-state index >= 15 is 0 Å². The summed E-state index contributed by atoms with van der Waals surface area (Å²) in [5.41, 5.74) is 3.16. The second-order valence-electron chi connectivity index (χ2n) is 6.61. The van der Waals surface area contributed by atoms with Crippen molar-refractivity contribution in [3.8, 4) is 5.75 Å². The summed E-state index contributed by atoms with van der Waals surface area (Å²) in [4.78, 5) is 23.7. The summed E-state index contributed by atoms with van der Waals surface area (Å²) in [6.07, 6.45) is 4.67. The van der Waals surface area contributed by atoms with Gasteiger partial charge in [0.15, 0.2) is 0 Å². The van der Waals surface area contributed by atoms with Gasteiger partial charge < -0.3 is 9.30 Å². The molecule has 0 bridgehead atoms. The van der Waals surface area contributed by atoms with E-state index in [9.17, 15) is 9.59 Å². The fourth-order valence-electron chi connectivity index (χ4n) is 3.27. The Morgan fingerprint density at radius 1 is 1.11 bits per heavy atom. The van der Waals surface area contributed by atoms with E-state index in [1.54, 1.807) is 6.08 Å². The van der Waals surface area contributed by atoms with Crippen molar-refractivity contribution in [2.24, 2.45) is 0 Å². The van der Waals surface area contributed by atoms with E-state index < -0.39 is 0 Å². The molecule has 1 aromatic heterocycles. The van der Waals surface area contributed by atoms with E-state index in [1.165, 1.54) is 0 Å². The molecule has 1 aliphatic heterocycles. The number of ether oxygens (including phenoxy) is 1. The van der Waals surface area contributed by atoms with E-state index in [2.05, 4.69) is 16.0 Å². The lowest BCUT2D eigenvalue weighted by Crippen LogP contribution is -2.17. The molecule has 0 radical (unpaired) electrons. The maximum absolute atomic E-state index is 11.9. The van der Waals surface area contributed by atoms with Crippen LogP contribution < -0.4 is 10.1 Å². The number of amides is 2. The number of benzene rings is 2. The lowest BCUT2D eigenvalue weighted by molar-refractivity contribution is -0.115. The number of nitrogens with one attached hydrogen (secondary N) is 1. The minimum Gasteiger partial charge on any atom is -0.493 e. The van der Waals surface area contributed by atoms with Crippen LogP contribution in [0.3, 0.4) is 0 Å². The number of hydrogen-bond acceptors (Lipinski definition) is 4. The largest absolute Gasteiger partial charge is 0.493 e. The van der Waals surface area contributed by atoms with Crippen molar-refractivity contribution in [1.29, 1.82) is 0 Å². The Morgan fingerprint density at radius 3 is 2.68 bits per heavy atom. The average Bonchev–Trinajstić information content (AvgIpc) is 3.20. The molecule has 1 N–H and O–H groups in total. The number of thioether (sulfide) groups is 1. The van der Waals surface area contributed by atoms with E-state index in [0.29, 0.717) is 11.5 Å². The molecule has 0 saturated carbocycles. The van der Waals surface area contributed by atoms with Crippen LogP contribution in [0.2, 0.25) is 0 Å². The van der Waals surface area contributed by atoms with Crippen LogP contribution in [-0.2, 0) is 11.3 Å². The number of para-hydroxylation sites is 2.